The highest BCUT2D eigenvalue weighted by Crippen LogP contribution is 2.00. The van der Waals surface area contributed by atoms with Crippen molar-refractivity contribution < 1.29 is 5.11 Å². The monoisotopic (exact) mass is 188 g/mol. The third kappa shape index (κ3) is 6.02. The normalized spacial score (nSPS) is 14.1. The number of nitrogens with zero attached hydrogens (tertiary/aromatic N) is 1. The lowest BCUT2D eigenvalue weighted by Crippen LogP contribution is -2.41. The van der Waals surface area contributed by atoms with Crippen molar-refractivity contribution in [2.75, 3.05) is 26.7 Å². The van der Waals surface area contributed by atoms with Gasteiger partial charge in [0.2, 0.25) is 0 Å². The summed E-state index contributed by atoms with van der Waals surface area (Å²) in [5.41, 5.74) is 0. The standard InChI is InChI=1S/C10H24N2O/c1-5-6-12(9(2)3)8-10(13)7-11-4/h9-11,13H,5-8H2,1-4H3. The lowest BCUT2D eigenvalue weighted by Gasteiger charge is -2.28. The molecule has 2 N–H and O–H groups in total. The van der Waals surface area contributed by atoms with E-state index in [9.17, 15) is 5.11 Å². The fraction of sp³-hybridized carbons (Fsp3) is 1.00. The molecule has 0 fully saturated rings. The highest BCUT2D eigenvalue weighted by Gasteiger charge is 2.12. The van der Waals surface area contributed by atoms with Crippen molar-refractivity contribution in [3.05, 3.63) is 0 Å². The second-order valence-electron chi connectivity index (χ2n) is 3.80. The molecule has 0 amide bonds. The molecule has 0 aromatic carbocycles. The van der Waals surface area contributed by atoms with Gasteiger partial charge in [0.1, 0.15) is 0 Å². The minimum Gasteiger partial charge on any atom is -0.390 e. The Morgan fingerprint density at radius 3 is 2.38 bits per heavy atom. The third-order valence-electron chi connectivity index (χ3n) is 2.13. The lowest BCUT2D eigenvalue weighted by molar-refractivity contribution is 0.0960. The molecule has 0 aromatic heterocycles. The van der Waals surface area contributed by atoms with Crippen molar-refractivity contribution in [2.45, 2.75) is 39.3 Å². The second kappa shape index (κ2) is 7.30. The number of nitrogens with one attached hydrogen (secondary N) is 1. The van der Waals surface area contributed by atoms with Gasteiger partial charge in [-0.1, -0.05) is 6.92 Å². The van der Waals surface area contributed by atoms with Gasteiger partial charge in [0.25, 0.3) is 0 Å². The third-order valence-corrected chi connectivity index (χ3v) is 2.13. The number of aliphatic hydroxyl groups excluding tert-OH is 1. The van der Waals surface area contributed by atoms with E-state index in [1.807, 2.05) is 7.05 Å². The Hall–Kier alpha value is -0.120. The van der Waals surface area contributed by atoms with Gasteiger partial charge in [0.05, 0.1) is 6.10 Å². The Kier molecular flexibility index (Phi) is 7.23. The van der Waals surface area contributed by atoms with Crippen LogP contribution in [0.1, 0.15) is 27.2 Å². The molecule has 0 aromatic rings. The molecule has 3 heteroatoms. The summed E-state index contributed by atoms with van der Waals surface area (Å²) in [6.07, 6.45) is 0.892. The zero-order valence-electron chi connectivity index (χ0n) is 9.38. The zero-order valence-corrected chi connectivity index (χ0v) is 9.38. The first-order valence-electron chi connectivity index (χ1n) is 5.18. The van der Waals surface area contributed by atoms with Crippen molar-refractivity contribution in [3.8, 4) is 0 Å². The van der Waals surface area contributed by atoms with Crippen LogP contribution in [-0.4, -0.2) is 48.8 Å². The smallest absolute Gasteiger partial charge is 0.0791 e. The molecular weight excluding hydrogens is 164 g/mol. The summed E-state index contributed by atoms with van der Waals surface area (Å²) in [6, 6.07) is 0.520. The highest BCUT2D eigenvalue weighted by molar-refractivity contribution is 4.68. The maximum atomic E-state index is 9.59. The molecule has 0 heterocycles. The number of rotatable bonds is 7. The van der Waals surface area contributed by atoms with Gasteiger partial charge < -0.3 is 10.4 Å². The average molecular weight is 188 g/mol. The van der Waals surface area contributed by atoms with E-state index >= 15 is 0 Å². The van der Waals surface area contributed by atoms with Crippen LogP contribution in [0.2, 0.25) is 0 Å². The zero-order chi connectivity index (χ0) is 10.3. The van der Waals surface area contributed by atoms with Crippen LogP contribution in [0.15, 0.2) is 0 Å². The van der Waals surface area contributed by atoms with Crippen LogP contribution in [-0.2, 0) is 0 Å². The molecule has 0 radical (unpaired) electrons. The molecule has 0 aliphatic heterocycles. The second-order valence-corrected chi connectivity index (χ2v) is 3.80. The summed E-state index contributed by atoms with van der Waals surface area (Å²) >= 11 is 0. The van der Waals surface area contributed by atoms with Gasteiger partial charge in [-0.15, -0.1) is 0 Å². The van der Waals surface area contributed by atoms with E-state index in [0.29, 0.717) is 12.6 Å². The van der Waals surface area contributed by atoms with Crippen LogP contribution in [0.3, 0.4) is 0 Å². The molecule has 0 rings (SSSR count). The Morgan fingerprint density at radius 1 is 1.38 bits per heavy atom. The van der Waals surface area contributed by atoms with Crippen LogP contribution in [0.4, 0.5) is 0 Å². The minimum atomic E-state index is -0.251. The number of hydrogen-bond donors (Lipinski definition) is 2. The average Bonchev–Trinajstić information content (AvgIpc) is 2.04. The van der Waals surface area contributed by atoms with Crippen molar-refractivity contribution >= 4 is 0 Å². The van der Waals surface area contributed by atoms with Gasteiger partial charge in [-0.05, 0) is 33.9 Å². The van der Waals surface area contributed by atoms with Crippen LogP contribution in [0.25, 0.3) is 0 Å². The largest absolute Gasteiger partial charge is 0.390 e. The first-order valence-corrected chi connectivity index (χ1v) is 5.18. The molecule has 3 nitrogen and oxygen atoms in total. The Labute approximate surface area is 82.1 Å². The van der Waals surface area contributed by atoms with Crippen molar-refractivity contribution in [2.24, 2.45) is 0 Å². The number of likely N-dealkylation sites (N-methyl/N-ethyl adjacent to an activating group) is 1. The van der Waals surface area contributed by atoms with Gasteiger partial charge in [-0.25, -0.2) is 0 Å². The van der Waals surface area contributed by atoms with Gasteiger partial charge >= 0.3 is 0 Å². The van der Waals surface area contributed by atoms with Gasteiger partial charge in [-0.2, -0.15) is 0 Å². The van der Waals surface area contributed by atoms with E-state index in [-0.39, 0.29) is 6.10 Å². The predicted octanol–water partition coefficient (Wildman–Crippen LogP) is 0.687. The van der Waals surface area contributed by atoms with Crippen LogP contribution in [0.5, 0.6) is 0 Å². The van der Waals surface area contributed by atoms with E-state index in [4.69, 9.17) is 0 Å². The molecule has 1 unspecified atom stereocenters. The summed E-state index contributed by atoms with van der Waals surface area (Å²) in [7, 11) is 1.86. The minimum absolute atomic E-state index is 0.251. The molecule has 0 saturated carbocycles. The number of hydrogen-bond acceptors (Lipinski definition) is 3. The van der Waals surface area contributed by atoms with E-state index in [1.54, 1.807) is 0 Å². The fourth-order valence-electron chi connectivity index (χ4n) is 1.42. The molecule has 0 aliphatic carbocycles. The van der Waals surface area contributed by atoms with Crippen LogP contribution < -0.4 is 5.32 Å². The van der Waals surface area contributed by atoms with Crippen LogP contribution in [0, 0.1) is 0 Å². The quantitative estimate of drug-likeness (QED) is 0.617. The van der Waals surface area contributed by atoms with E-state index in [0.717, 1.165) is 19.5 Å². The first-order chi connectivity index (χ1) is 6.11. The topological polar surface area (TPSA) is 35.5 Å². The van der Waals surface area contributed by atoms with Crippen molar-refractivity contribution in [1.29, 1.82) is 0 Å². The van der Waals surface area contributed by atoms with Crippen LogP contribution >= 0.6 is 0 Å². The lowest BCUT2D eigenvalue weighted by atomic mass is 10.2. The van der Waals surface area contributed by atoms with Gasteiger partial charge in [-0.3, -0.25) is 4.90 Å². The molecule has 0 spiro atoms. The Bertz CT molecular complexity index is 117. The van der Waals surface area contributed by atoms with E-state index in [1.165, 1.54) is 0 Å². The molecule has 80 valence electrons. The van der Waals surface area contributed by atoms with E-state index < -0.39 is 0 Å². The summed E-state index contributed by atoms with van der Waals surface area (Å²) < 4.78 is 0. The van der Waals surface area contributed by atoms with Crippen molar-refractivity contribution in [1.82, 2.24) is 10.2 Å². The SMILES string of the molecule is CCCN(CC(O)CNC)C(C)C. The molecule has 1 atom stereocenters. The Balaban J connectivity index is 3.79. The molecule has 0 saturated heterocycles. The van der Waals surface area contributed by atoms with Gasteiger partial charge in [0.15, 0.2) is 0 Å². The Morgan fingerprint density at radius 2 is 2.00 bits per heavy atom. The molecule has 13 heavy (non-hydrogen) atoms. The number of aliphatic hydroxyl groups is 1. The summed E-state index contributed by atoms with van der Waals surface area (Å²) in [5, 5.41) is 12.6. The summed E-state index contributed by atoms with van der Waals surface area (Å²) in [5.74, 6) is 0. The van der Waals surface area contributed by atoms with Gasteiger partial charge in [0, 0.05) is 19.1 Å². The highest BCUT2D eigenvalue weighted by atomic mass is 16.3. The van der Waals surface area contributed by atoms with Crippen molar-refractivity contribution in [3.63, 3.8) is 0 Å². The van der Waals surface area contributed by atoms with E-state index in [2.05, 4.69) is 31.0 Å². The maximum absolute atomic E-state index is 9.59. The summed E-state index contributed by atoms with van der Waals surface area (Å²) in [6.45, 7) is 9.01. The fourth-order valence-corrected chi connectivity index (χ4v) is 1.42. The first kappa shape index (κ1) is 12.9. The predicted molar refractivity (Wildman–Crippen MR) is 56.9 cm³/mol. The molecular formula is C10H24N2O. The molecule has 0 aliphatic rings. The maximum Gasteiger partial charge on any atom is 0.0791 e. The summed E-state index contributed by atoms with van der Waals surface area (Å²) in [4.78, 5) is 2.31. The molecule has 0 bridgehead atoms.